The van der Waals surface area contributed by atoms with Gasteiger partial charge in [-0.25, -0.2) is 4.79 Å². The first-order valence-corrected chi connectivity index (χ1v) is 3.37. The fourth-order valence-corrected chi connectivity index (χ4v) is 0.439. The second kappa shape index (κ2) is 4.71. The van der Waals surface area contributed by atoms with E-state index in [-0.39, 0.29) is 5.97 Å². The molecule has 0 aromatic rings. The first kappa shape index (κ1) is 7.56. The molecule has 0 aliphatic heterocycles. The molecule has 8 heavy (non-hydrogen) atoms. The average Bonchev–Trinajstić information content (AvgIpc) is 1.83. The molecule has 0 atom stereocenters. The van der Waals surface area contributed by atoms with Crippen LogP contribution in [0.1, 0.15) is 0 Å². The number of carbonyl (C=O) groups is 1. The Labute approximate surface area is 52.9 Å². The van der Waals surface area contributed by atoms with Gasteiger partial charge >= 0.3 is 5.97 Å². The van der Waals surface area contributed by atoms with E-state index in [0.717, 1.165) is 0 Å². The van der Waals surface area contributed by atoms with Crippen molar-refractivity contribution in [1.82, 2.24) is 0 Å². The number of hydrogen-bond acceptors (Lipinski definition) is 3. The van der Waals surface area contributed by atoms with Gasteiger partial charge in [-0.3, -0.25) is 0 Å². The second-order valence-electron chi connectivity index (χ2n) is 1.06. The molecule has 0 fully saturated rings. The zero-order valence-corrected chi connectivity index (χ0v) is 5.70. The topological polar surface area (TPSA) is 26.3 Å². The number of rotatable bonds is 2. The van der Waals surface area contributed by atoms with Crippen LogP contribution in [0.25, 0.3) is 0 Å². The van der Waals surface area contributed by atoms with Crippen LogP contribution >= 0.6 is 11.8 Å². The number of thioether (sulfide) groups is 1. The van der Waals surface area contributed by atoms with E-state index in [4.69, 9.17) is 0 Å². The molecule has 0 unspecified atom stereocenters. The molecule has 3 heteroatoms. The van der Waals surface area contributed by atoms with Crippen LogP contribution in [-0.4, -0.2) is 19.3 Å². The third-order valence-electron chi connectivity index (χ3n) is 0.541. The van der Waals surface area contributed by atoms with Gasteiger partial charge < -0.3 is 4.74 Å². The minimum atomic E-state index is -0.306. The molecule has 0 N–H and O–H groups in total. The predicted octanol–water partition coefficient (Wildman–Crippen LogP) is 1.04. The Morgan fingerprint density at radius 2 is 2.38 bits per heavy atom. The smallest absolute Gasteiger partial charge is 0.330 e. The highest BCUT2D eigenvalue weighted by molar-refractivity contribution is 8.01. The molecule has 0 radical (unpaired) electrons. The van der Waals surface area contributed by atoms with Crippen LogP contribution in [0.5, 0.6) is 0 Å². The highest BCUT2D eigenvalue weighted by Gasteiger charge is 1.86. The lowest BCUT2D eigenvalue weighted by Gasteiger charge is -1.85. The van der Waals surface area contributed by atoms with Crippen LogP contribution in [0.15, 0.2) is 11.5 Å². The summed E-state index contributed by atoms with van der Waals surface area (Å²) in [6, 6.07) is 0. The van der Waals surface area contributed by atoms with Crippen molar-refractivity contribution in [3.63, 3.8) is 0 Å². The molecule has 0 rings (SSSR count). The van der Waals surface area contributed by atoms with E-state index in [1.54, 1.807) is 5.41 Å². The SMILES string of the molecule is COC(=O)/C=C\SC. The van der Waals surface area contributed by atoms with Crippen molar-refractivity contribution >= 4 is 17.7 Å². The largest absolute Gasteiger partial charge is 0.466 e. The molecule has 2 nitrogen and oxygen atoms in total. The van der Waals surface area contributed by atoms with Gasteiger partial charge in [-0.1, -0.05) is 0 Å². The van der Waals surface area contributed by atoms with E-state index in [1.165, 1.54) is 24.9 Å². The molecular weight excluding hydrogens is 124 g/mol. The lowest BCUT2D eigenvalue weighted by Crippen LogP contribution is -1.92. The van der Waals surface area contributed by atoms with Crippen LogP contribution in [-0.2, 0) is 9.53 Å². The van der Waals surface area contributed by atoms with Gasteiger partial charge in [0.25, 0.3) is 0 Å². The summed E-state index contributed by atoms with van der Waals surface area (Å²) in [5.41, 5.74) is 0. The predicted molar refractivity (Wildman–Crippen MR) is 34.7 cm³/mol. The standard InChI is InChI=1S/C5H8O2S/c1-7-5(6)3-4-8-2/h3-4H,1-2H3/b4-3-. The Hall–Kier alpha value is -0.440. The van der Waals surface area contributed by atoms with E-state index < -0.39 is 0 Å². The van der Waals surface area contributed by atoms with Crippen molar-refractivity contribution in [3.8, 4) is 0 Å². The van der Waals surface area contributed by atoms with Crippen molar-refractivity contribution in [3.05, 3.63) is 11.5 Å². The summed E-state index contributed by atoms with van der Waals surface area (Å²) in [6.07, 6.45) is 3.25. The zero-order valence-electron chi connectivity index (χ0n) is 4.88. The third-order valence-corrected chi connectivity index (χ3v) is 0.950. The van der Waals surface area contributed by atoms with Gasteiger partial charge in [0.15, 0.2) is 0 Å². The van der Waals surface area contributed by atoms with Crippen molar-refractivity contribution < 1.29 is 9.53 Å². The Morgan fingerprint density at radius 1 is 1.75 bits per heavy atom. The van der Waals surface area contributed by atoms with Crippen LogP contribution in [0.2, 0.25) is 0 Å². The third kappa shape index (κ3) is 3.74. The minimum absolute atomic E-state index is 0.306. The van der Waals surface area contributed by atoms with Gasteiger partial charge in [0.1, 0.15) is 0 Å². The van der Waals surface area contributed by atoms with Crippen molar-refractivity contribution in [2.75, 3.05) is 13.4 Å². The molecule has 0 amide bonds. The van der Waals surface area contributed by atoms with Gasteiger partial charge in [0, 0.05) is 6.08 Å². The highest BCUT2D eigenvalue weighted by atomic mass is 32.2. The number of methoxy groups -OCH3 is 1. The van der Waals surface area contributed by atoms with Gasteiger partial charge in [-0.15, -0.1) is 11.8 Å². The maximum atomic E-state index is 10.2. The van der Waals surface area contributed by atoms with Gasteiger partial charge in [-0.2, -0.15) is 0 Å². The molecule has 0 saturated carbocycles. The van der Waals surface area contributed by atoms with Crippen LogP contribution in [0.3, 0.4) is 0 Å². The summed E-state index contributed by atoms with van der Waals surface area (Å²) in [5, 5.41) is 1.67. The van der Waals surface area contributed by atoms with E-state index in [1.807, 2.05) is 6.26 Å². The van der Waals surface area contributed by atoms with Crippen LogP contribution in [0, 0.1) is 0 Å². The second-order valence-corrected chi connectivity index (χ2v) is 1.81. The van der Waals surface area contributed by atoms with E-state index >= 15 is 0 Å². The molecule has 0 aromatic heterocycles. The molecule has 0 aliphatic rings. The Bertz CT molecular complexity index is 98.6. The van der Waals surface area contributed by atoms with Gasteiger partial charge in [-0.05, 0) is 11.7 Å². The molecule has 0 saturated heterocycles. The summed E-state index contributed by atoms with van der Waals surface area (Å²) in [5.74, 6) is -0.306. The maximum absolute atomic E-state index is 10.2. The Balaban J connectivity index is 3.37. The summed E-state index contributed by atoms with van der Waals surface area (Å²) >= 11 is 1.46. The van der Waals surface area contributed by atoms with E-state index in [2.05, 4.69) is 4.74 Å². The molecule has 0 aromatic carbocycles. The lowest BCUT2D eigenvalue weighted by atomic mass is 10.7. The first-order chi connectivity index (χ1) is 3.81. The summed E-state index contributed by atoms with van der Waals surface area (Å²) in [7, 11) is 1.35. The minimum Gasteiger partial charge on any atom is -0.466 e. The fourth-order valence-electron chi connectivity index (χ4n) is 0.192. The molecule has 0 heterocycles. The van der Waals surface area contributed by atoms with Gasteiger partial charge in [0.2, 0.25) is 0 Å². The van der Waals surface area contributed by atoms with E-state index in [9.17, 15) is 4.79 Å². The van der Waals surface area contributed by atoms with Crippen LogP contribution in [0.4, 0.5) is 0 Å². The monoisotopic (exact) mass is 132 g/mol. The number of ether oxygens (including phenoxy) is 1. The first-order valence-electron chi connectivity index (χ1n) is 2.08. The molecule has 0 bridgehead atoms. The number of carbonyl (C=O) groups excluding carboxylic acids is 1. The van der Waals surface area contributed by atoms with Crippen molar-refractivity contribution in [2.45, 2.75) is 0 Å². The van der Waals surface area contributed by atoms with Crippen molar-refractivity contribution in [2.24, 2.45) is 0 Å². The van der Waals surface area contributed by atoms with Crippen molar-refractivity contribution in [1.29, 1.82) is 0 Å². The Morgan fingerprint density at radius 3 is 2.75 bits per heavy atom. The van der Waals surface area contributed by atoms with E-state index in [0.29, 0.717) is 0 Å². The fraction of sp³-hybridized carbons (Fsp3) is 0.400. The highest BCUT2D eigenvalue weighted by Crippen LogP contribution is 1.92. The zero-order chi connectivity index (χ0) is 6.41. The molecule has 0 aliphatic carbocycles. The van der Waals surface area contributed by atoms with Crippen LogP contribution < -0.4 is 0 Å². The number of hydrogen-bond donors (Lipinski definition) is 0. The molecular formula is C5H8O2S. The Kier molecular flexibility index (Phi) is 4.45. The summed E-state index contributed by atoms with van der Waals surface area (Å²) < 4.78 is 4.31. The maximum Gasteiger partial charge on any atom is 0.330 e. The number of esters is 1. The van der Waals surface area contributed by atoms with Gasteiger partial charge in [0.05, 0.1) is 7.11 Å². The molecule has 0 spiro atoms. The normalized spacial score (nSPS) is 9.75. The molecule has 46 valence electrons. The summed E-state index contributed by atoms with van der Waals surface area (Å²) in [6.45, 7) is 0. The lowest BCUT2D eigenvalue weighted by molar-refractivity contribution is -0.134. The summed E-state index contributed by atoms with van der Waals surface area (Å²) in [4.78, 5) is 10.2. The average molecular weight is 132 g/mol. The quantitative estimate of drug-likeness (QED) is 0.414.